The maximum absolute atomic E-state index is 13.2. The standard InChI is InChI=1S/C10H6F2N4O/c11-8-6(1-2-15-9(8)12)10(17)16-7-5-13-3-4-14-7/h1-5H,(H,14,16,17). The fourth-order valence-corrected chi connectivity index (χ4v) is 1.14. The van der Waals surface area contributed by atoms with Gasteiger partial charge in [-0.1, -0.05) is 0 Å². The molecule has 0 aliphatic rings. The summed E-state index contributed by atoms with van der Waals surface area (Å²) in [5.74, 6) is -3.29. The zero-order chi connectivity index (χ0) is 12.3. The Morgan fingerprint density at radius 2 is 2.00 bits per heavy atom. The van der Waals surface area contributed by atoms with E-state index >= 15 is 0 Å². The van der Waals surface area contributed by atoms with E-state index in [0.717, 1.165) is 12.3 Å². The Morgan fingerprint density at radius 3 is 2.71 bits per heavy atom. The maximum Gasteiger partial charge on any atom is 0.260 e. The zero-order valence-electron chi connectivity index (χ0n) is 8.39. The van der Waals surface area contributed by atoms with Gasteiger partial charge in [0.2, 0.25) is 5.95 Å². The molecule has 0 radical (unpaired) electrons. The second-order valence-corrected chi connectivity index (χ2v) is 3.01. The van der Waals surface area contributed by atoms with Gasteiger partial charge in [0, 0.05) is 18.6 Å². The quantitative estimate of drug-likeness (QED) is 0.800. The third-order valence-electron chi connectivity index (χ3n) is 1.90. The van der Waals surface area contributed by atoms with Gasteiger partial charge in [-0.25, -0.2) is 14.4 Å². The Balaban J connectivity index is 2.24. The molecular formula is C10H6F2N4O. The van der Waals surface area contributed by atoms with Crippen molar-refractivity contribution in [2.45, 2.75) is 0 Å². The van der Waals surface area contributed by atoms with E-state index in [1.807, 2.05) is 0 Å². The average molecular weight is 236 g/mol. The first-order valence-electron chi connectivity index (χ1n) is 4.56. The van der Waals surface area contributed by atoms with E-state index in [9.17, 15) is 13.6 Å². The Bertz CT molecular complexity index is 547. The number of hydrogen-bond donors (Lipinski definition) is 1. The van der Waals surface area contributed by atoms with Crippen LogP contribution in [0.5, 0.6) is 0 Å². The van der Waals surface area contributed by atoms with E-state index in [4.69, 9.17) is 0 Å². The van der Waals surface area contributed by atoms with Gasteiger partial charge in [0.05, 0.1) is 11.8 Å². The molecule has 5 nitrogen and oxygen atoms in total. The monoisotopic (exact) mass is 236 g/mol. The van der Waals surface area contributed by atoms with Crippen LogP contribution < -0.4 is 5.32 Å². The van der Waals surface area contributed by atoms with Crippen LogP contribution in [-0.4, -0.2) is 20.9 Å². The van der Waals surface area contributed by atoms with Crippen molar-refractivity contribution in [2.75, 3.05) is 5.32 Å². The molecule has 0 unspecified atom stereocenters. The topological polar surface area (TPSA) is 67.8 Å². The molecule has 17 heavy (non-hydrogen) atoms. The predicted octanol–water partition coefficient (Wildman–Crippen LogP) is 1.40. The third kappa shape index (κ3) is 2.39. The number of carbonyl (C=O) groups excluding carboxylic acids is 1. The number of hydrogen-bond acceptors (Lipinski definition) is 4. The van der Waals surface area contributed by atoms with E-state index in [0.29, 0.717) is 0 Å². The fraction of sp³-hybridized carbons (Fsp3) is 0. The van der Waals surface area contributed by atoms with E-state index in [2.05, 4.69) is 20.3 Å². The molecule has 0 aliphatic carbocycles. The molecule has 2 heterocycles. The van der Waals surface area contributed by atoms with E-state index < -0.39 is 23.2 Å². The van der Waals surface area contributed by atoms with Crippen LogP contribution in [0.15, 0.2) is 30.9 Å². The number of aromatic nitrogens is 3. The number of nitrogens with zero attached hydrogens (tertiary/aromatic N) is 3. The smallest absolute Gasteiger partial charge is 0.260 e. The molecular weight excluding hydrogens is 230 g/mol. The van der Waals surface area contributed by atoms with E-state index in [1.54, 1.807) is 0 Å². The molecule has 0 fully saturated rings. The minimum absolute atomic E-state index is 0.147. The summed E-state index contributed by atoms with van der Waals surface area (Å²) in [4.78, 5) is 22.1. The average Bonchev–Trinajstić information content (AvgIpc) is 2.34. The first-order valence-corrected chi connectivity index (χ1v) is 4.56. The summed E-state index contributed by atoms with van der Waals surface area (Å²) < 4.78 is 26.0. The lowest BCUT2D eigenvalue weighted by atomic mass is 10.2. The van der Waals surface area contributed by atoms with Gasteiger partial charge in [-0.3, -0.25) is 9.78 Å². The summed E-state index contributed by atoms with van der Waals surface area (Å²) in [6.07, 6.45) is 5.07. The number of rotatable bonds is 2. The number of carbonyl (C=O) groups is 1. The molecule has 0 saturated carbocycles. The van der Waals surface area contributed by atoms with Crippen molar-refractivity contribution < 1.29 is 13.6 Å². The van der Waals surface area contributed by atoms with Gasteiger partial charge in [-0.2, -0.15) is 4.39 Å². The first-order chi connectivity index (χ1) is 8.18. The van der Waals surface area contributed by atoms with Crippen molar-refractivity contribution >= 4 is 11.7 Å². The number of halogens is 2. The lowest BCUT2D eigenvalue weighted by Gasteiger charge is -2.04. The number of amides is 1. The summed E-state index contributed by atoms with van der Waals surface area (Å²) in [6.45, 7) is 0. The Labute approximate surface area is 94.6 Å². The second-order valence-electron chi connectivity index (χ2n) is 3.01. The van der Waals surface area contributed by atoms with Crippen LogP contribution in [-0.2, 0) is 0 Å². The largest absolute Gasteiger partial charge is 0.305 e. The van der Waals surface area contributed by atoms with Gasteiger partial charge in [0.25, 0.3) is 5.91 Å². The number of anilines is 1. The van der Waals surface area contributed by atoms with E-state index in [1.165, 1.54) is 18.6 Å². The highest BCUT2D eigenvalue weighted by atomic mass is 19.2. The molecule has 86 valence electrons. The van der Waals surface area contributed by atoms with Crippen LogP contribution in [0.1, 0.15) is 10.4 Å². The summed E-state index contributed by atoms with van der Waals surface area (Å²) in [7, 11) is 0. The molecule has 0 aliphatic heterocycles. The van der Waals surface area contributed by atoms with Crippen LogP contribution in [0.3, 0.4) is 0 Å². The van der Waals surface area contributed by atoms with Crippen molar-refractivity contribution in [1.29, 1.82) is 0 Å². The number of pyridine rings is 1. The molecule has 0 spiro atoms. The van der Waals surface area contributed by atoms with Crippen LogP contribution >= 0.6 is 0 Å². The maximum atomic E-state index is 13.2. The molecule has 1 N–H and O–H groups in total. The van der Waals surface area contributed by atoms with Crippen LogP contribution in [0.4, 0.5) is 14.6 Å². The summed E-state index contributed by atoms with van der Waals surface area (Å²) in [5, 5.41) is 2.28. The van der Waals surface area contributed by atoms with Crippen molar-refractivity contribution in [2.24, 2.45) is 0 Å². The minimum Gasteiger partial charge on any atom is -0.305 e. The SMILES string of the molecule is O=C(Nc1cnccn1)c1ccnc(F)c1F. The highest BCUT2D eigenvalue weighted by Crippen LogP contribution is 2.10. The van der Waals surface area contributed by atoms with Crippen LogP contribution in [0.25, 0.3) is 0 Å². The molecule has 0 saturated heterocycles. The van der Waals surface area contributed by atoms with Gasteiger partial charge in [-0.15, -0.1) is 0 Å². The van der Waals surface area contributed by atoms with Crippen molar-refractivity contribution in [1.82, 2.24) is 15.0 Å². The zero-order valence-corrected chi connectivity index (χ0v) is 8.39. The van der Waals surface area contributed by atoms with Crippen molar-refractivity contribution in [3.8, 4) is 0 Å². The summed E-state index contributed by atoms with van der Waals surface area (Å²) >= 11 is 0. The Hall–Kier alpha value is -2.44. The predicted molar refractivity (Wildman–Crippen MR) is 54.1 cm³/mol. The lowest BCUT2D eigenvalue weighted by molar-refractivity contribution is 0.102. The van der Waals surface area contributed by atoms with Gasteiger partial charge in [0.1, 0.15) is 0 Å². The lowest BCUT2D eigenvalue weighted by Crippen LogP contribution is -2.15. The molecule has 0 bridgehead atoms. The number of nitrogens with one attached hydrogen (secondary N) is 1. The van der Waals surface area contributed by atoms with Gasteiger partial charge in [-0.05, 0) is 6.07 Å². The molecule has 0 aromatic carbocycles. The van der Waals surface area contributed by atoms with Gasteiger partial charge in [0.15, 0.2) is 11.6 Å². The Kier molecular flexibility index (Phi) is 2.99. The molecule has 0 atom stereocenters. The van der Waals surface area contributed by atoms with Crippen LogP contribution in [0, 0.1) is 11.8 Å². The summed E-state index contributed by atoms with van der Waals surface area (Å²) in [6, 6.07) is 1.07. The van der Waals surface area contributed by atoms with Crippen molar-refractivity contribution in [3.05, 3.63) is 48.2 Å². The highest BCUT2D eigenvalue weighted by Gasteiger charge is 2.16. The minimum atomic E-state index is -1.32. The van der Waals surface area contributed by atoms with Gasteiger partial charge < -0.3 is 5.32 Å². The molecule has 7 heteroatoms. The van der Waals surface area contributed by atoms with E-state index in [-0.39, 0.29) is 5.82 Å². The molecule has 1 amide bonds. The molecule has 2 rings (SSSR count). The fourth-order valence-electron chi connectivity index (χ4n) is 1.14. The van der Waals surface area contributed by atoms with Gasteiger partial charge >= 0.3 is 0 Å². The first kappa shape index (κ1) is 11.1. The highest BCUT2D eigenvalue weighted by molar-refractivity contribution is 6.03. The molecule has 2 aromatic rings. The second kappa shape index (κ2) is 4.60. The van der Waals surface area contributed by atoms with Crippen molar-refractivity contribution in [3.63, 3.8) is 0 Å². The third-order valence-corrected chi connectivity index (χ3v) is 1.90. The molecule has 2 aromatic heterocycles. The normalized spacial score (nSPS) is 10.0. The summed E-state index contributed by atoms with van der Waals surface area (Å²) in [5.41, 5.74) is -0.442. The van der Waals surface area contributed by atoms with Crippen LogP contribution in [0.2, 0.25) is 0 Å². The Morgan fingerprint density at radius 1 is 1.18 bits per heavy atom.